The lowest BCUT2D eigenvalue weighted by Crippen LogP contribution is -2.25. The van der Waals surface area contributed by atoms with Crippen molar-refractivity contribution in [2.45, 2.75) is 20.8 Å². The molecule has 0 bridgehead atoms. The second kappa shape index (κ2) is 5.63. The van der Waals surface area contributed by atoms with E-state index in [1.54, 1.807) is 19.1 Å². The van der Waals surface area contributed by atoms with Gasteiger partial charge in [-0.2, -0.15) is 0 Å². The van der Waals surface area contributed by atoms with Crippen LogP contribution in [-0.2, 0) is 0 Å². The lowest BCUT2D eigenvalue weighted by Gasteiger charge is -2.20. The topological polar surface area (TPSA) is 59.1 Å². The summed E-state index contributed by atoms with van der Waals surface area (Å²) in [5.74, 6) is -0.754. The van der Waals surface area contributed by atoms with Gasteiger partial charge in [0.05, 0.1) is 5.56 Å². The van der Waals surface area contributed by atoms with Crippen LogP contribution in [0, 0.1) is 20.8 Å². The number of Topliss-reactive ketones (excluding diaryl/α,β-unsaturated/α-hetero) is 2. The highest BCUT2D eigenvalue weighted by Gasteiger charge is 2.33. The molecular weight excluding hydrogens is 312 g/mol. The molecule has 0 atom stereocenters. The Labute approximate surface area is 139 Å². The van der Waals surface area contributed by atoms with Gasteiger partial charge >= 0.3 is 0 Å². The third-order valence-electron chi connectivity index (χ3n) is 4.00. The Morgan fingerprint density at radius 2 is 1.74 bits per heavy atom. The Bertz CT molecular complexity index is 885. The molecular formula is C18H15ClN2O2. The molecule has 0 amide bonds. The lowest BCUT2D eigenvalue weighted by atomic mass is 9.96. The third-order valence-corrected chi connectivity index (χ3v) is 4.37. The molecule has 5 heteroatoms. The quantitative estimate of drug-likeness (QED) is 0.907. The van der Waals surface area contributed by atoms with Gasteiger partial charge in [0.1, 0.15) is 16.4 Å². The number of aryl methyl sites for hydroxylation is 2. The fraction of sp³-hybridized carbons (Fsp3) is 0.167. The average molecular weight is 327 g/mol. The number of aromatic nitrogens is 1. The number of benzene rings is 1. The van der Waals surface area contributed by atoms with Crippen molar-refractivity contribution in [3.63, 3.8) is 0 Å². The molecule has 4 nitrogen and oxygen atoms in total. The van der Waals surface area contributed by atoms with E-state index < -0.39 is 5.78 Å². The molecule has 0 fully saturated rings. The van der Waals surface area contributed by atoms with Crippen LogP contribution in [-0.4, -0.2) is 16.6 Å². The smallest absolute Gasteiger partial charge is 0.225 e. The SMILES string of the molecule is Cc1ccc2c(n1)C(=O)C(Cl)=C(Nc1cccc(C)c1C)C2=O. The van der Waals surface area contributed by atoms with Gasteiger partial charge in [-0.25, -0.2) is 4.98 Å². The van der Waals surface area contributed by atoms with Crippen LogP contribution in [0.25, 0.3) is 0 Å². The fourth-order valence-electron chi connectivity index (χ4n) is 2.50. The van der Waals surface area contributed by atoms with E-state index in [0.717, 1.165) is 16.8 Å². The number of ketones is 2. The van der Waals surface area contributed by atoms with Crippen molar-refractivity contribution in [1.29, 1.82) is 0 Å². The van der Waals surface area contributed by atoms with Gasteiger partial charge in [0, 0.05) is 11.4 Å². The summed E-state index contributed by atoms with van der Waals surface area (Å²) in [6.07, 6.45) is 0. The number of nitrogens with one attached hydrogen (secondary N) is 1. The van der Waals surface area contributed by atoms with E-state index in [0.29, 0.717) is 5.69 Å². The zero-order valence-electron chi connectivity index (χ0n) is 13.0. The van der Waals surface area contributed by atoms with E-state index in [9.17, 15) is 9.59 Å². The Hall–Kier alpha value is -2.46. The number of carbonyl (C=O) groups excluding carboxylic acids is 2. The van der Waals surface area contributed by atoms with Crippen LogP contribution in [0.5, 0.6) is 0 Å². The van der Waals surface area contributed by atoms with Crippen molar-refractivity contribution in [1.82, 2.24) is 4.98 Å². The lowest BCUT2D eigenvalue weighted by molar-refractivity contribution is 0.0978. The van der Waals surface area contributed by atoms with Gasteiger partial charge in [-0.3, -0.25) is 9.59 Å². The molecule has 0 aliphatic heterocycles. The van der Waals surface area contributed by atoms with Gasteiger partial charge in [-0.15, -0.1) is 0 Å². The highest BCUT2D eigenvalue weighted by Crippen LogP contribution is 2.30. The molecule has 0 saturated carbocycles. The van der Waals surface area contributed by atoms with Crippen molar-refractivity contribution in [2.24, 2.45) is 0 Å². The second-order valence-corrected chi connectivity index (χ2v) is 5.95. The molecule has 1 aliphatic carbocycles. The van der Waals surface area contributed by atoms with Crippen molar-refractivity contribution < 1.29 is 9.59 Å². The number of hydrogen-bond donors (Lipinski definition) is 1. The van der Waals surface area contributed by atoms with Crippen LogP contribution in [0.2, 0.25) is 0 Å². The van der Waals surface area contributed by atoms with Crippen LogP contribution in [0.3, 0.4) is 0 Å². The molecule has 2 aromatic rings. The first-order valence-corrected chi connectivity index (χ1v) is 7.58. The zero-order chi connectivity index (χ0) is 16.7. The molecule has 23 heavy (non-hydrogen) atoms. The Balaban J connectivity index is 2.08. The second-order valence-electron chi connectivity index (χ2n) is 5.57. The number of nitrogens with zero attached hydrogens (tertiary/aromatic N) is 1. The molecule has 1 aliphatic rings. The summed E-state index contributed by atoms with van der Waals surface area (Å²) in [6.45, 7) is 5.69. The number of hydrogen-bond acceptors (Lipinski definition) is 4. The molecule has 1 aromatic heterocycles. The van der Waals surface area contributed by atoms with Gasteiger partial charge in [0.15, 0.2) is 0 Å². The van der Waals surface area contributed by atoms with Gasteiger partial charge < -0.3 is 5.32 Å². The van der Waals surface area contributed by atoms with Crippen LogP contribution in [0.15, 0.2) is 41.1 Å². The summed E-state index contributed by atoms with van der Waals surface area (Å²) in [5.41, 5.74) is 3.99. The van der Waals surface area contributed by atoms with E-state index >= 15 is 0 Å². The predicted octanol–water partition coefficient (Wildman–Crippen LogP) is 3.95. The highest BCUT2D eigenvalue weighted by molar-refractivity contribution is 6.50. The minimum Gasteiger partial charge on any atom is -0.351 e. The van der Waals surface area contributed by atoms with Crippen LogP contribution in [0.1, 0.15) is 37.7 Å². The summed E-state index contributed by atoms with van der Waals surface area (Å²) < 4.78 is 0. The van der Waals surface area contributed by atoms with Crippen LogP contribution in [0.4, 0.5) is 5.69 Å². The van der Waals surface area contributed by atoms with Crippen LogP contribution >= 0.6 is 11.6 Å². The standard InChI is InChI=1S/C18H15ClN2O2/c1-9-5-4-6-13(11(9)3)21-16-14(19)18(23)15-12(17(16)22)8-7-10(2)20-15/h4-8,21H,1-3H3. The summed E-state index contributed by atoms with van der Waals surface area (Å²) in [6, 6.07) is 9.03. The van der Waals surface area contributed by atoms with Crippen molar-refractivity contribution in [3.05, 3.63) is 69.1 Å². The van der Waals surface area contributed by atoms with E-state index in [1.165, 1.54) is 0 Å². The molecule has 0 radical (unpaired) electrons. The number of carbonyl (C=O) groups is 2. The maximum absolute atomic E-state index is 12.7. The Morgan fingerprint density at radius 1 is 1.00 bits per heavy atom. The summed E-state index contributed by atoms with van der Waals surface area (Å²) in [4.78, 5) is 29.3. The Kier molecular flexibility index (Phi) is 3.78. The molecule has 1 heterocycles. The molecule has 116 valence electrons. The van der Waals surface area contributed by atoms with Gasteiger partial charge in [0.2, 0.25) is 11.6 Å². The number of fused-ring (bicyclic) bond motifs is 1. The first-order chi connectivity index (χ1) is 10.9. The van der Waals surface area contributed by atoms with Crippen molar-refractivity contribution >= 4 is 28.9 Å². The van der Waals surface area contributed by atoms with Crippen molar-refractivity contribution in [2.75, 3.05) is 5.32 Å². The molecule has 1 aromatic carbocycles. The van der Waals surface area contributed by atoms with E-state index in [1.807, 2.05) is 32.0 Å². The van der Waals surface area contributed by atoms with Gasteiger partial charge in [-0.05, 0) is 50.1 Å². The van der Waals surface area contributed by atoms with Crippen molar-refractivity contribution in [3.8, 4) is 0 Å². The fourth-order valence-corrected chi connectivity index (χ4v) is 2.72. The largest absolute Gasteiger partial charge is 0.351 e. The Morgan fingerprint density at radius 3 is 2.48 bits per heavy atom. The summed E-state index contributed by atoms with van der Waals surface area (Å²) in [7, 11) is 0. The first-order valence-electron chi connectivity index (χ1n) is 7.20. The third kappa shape index (κ3) is 2.55. The summed E-state index contributed by atoms with van der Waals surface area (Å²) >= 11 is 6.16. The normalized spacial score (nSPS) is 14.1. The van der Waals surface area contributed by atoms with Crippen LogP contribution < -0.4 is 5.32 Å². The number of pyridine rings is 1. The van der Waals surface area contributed by atoms with E-state index in [-0.39, 0.29) is 27.8 Å². The summed E-state index contributed by atoms with van der Waals surface area (Å²) in [5, 5.41) is 2.90. The molecule has 0 unspecified atom stereocenters. The van der Waals surface area contributed by atoms with Gasteiger partial charge in [-0.1, -0.05) is 23.7 Å². The maximum atomic E-state index is 12.7. The highest BCUT2D eigenvalue weighted by atomic mass is 35.5. The number of anilines is 1. The maximum Gasteiger partial charge on any atom is 0.225 e. The predicted molar refractivity (Wildman–Crippen MR) is 90.1 cm³/mol. The first kappa shape index (κ1) is 15.4. The minimum atomic E-state index is -0.433. The zero-order valence-corrected chi connectivity index (χ0v) is 13.8. The number of rotatable bonds is 2. The number of halogens is 1. The van der Waals surface area contributed by atoms with E-state index in [2.05, 4.69) is 10.3 Å². The molecule has 3 rings (SSSR count). The minimum absolute atomic E-state index is 0.100. The molecule has 1 N–H and O–H groups in total. The van der Waals surface area contributed by atoms with Gasteiger partial charge in [0.25, 0.3) is 0 Å². The number of allylic oxidation sites excluding steroid dienone is 2. The molecule has 0 spiro atoms. The monoisotopic (exact) mass is 326 g/mol. The molecule has 0 saturated heterocycles. The average Bonchev–Trinajstić information content (AvgIpc) is 2.53. The van der Waals surface area contributed by atoms with E-state index in [4.69, 9.17) is 11.6 Å².